The van der Waals surface area contributed by atoms with E-state index < -0.39 is 4.92 Å². The van der Waals surface area contributed by atoms with Crippen LogP contribution in [-0.2, 0) is 0 Å². The average molecular weight is 397 g/mol. The van der Waals surface area contributed by atoms with Gasteiger partial charge in [-0.05, 0) is 29.7 Å². The number of nitrogens with zero attached hydrogens (tertiary/aromatic N) is 2. The highest BCUT2D eigenvalue weighted by atomic mass is 32.1. The molecule has 1 amide bonds. The molecule has 6 nitrogen and oxygen atoms in total. The Balaban J connectivity index is 1.64. The molecule has 0 unspecified atom stereocenters. The monoisotopic (exact) mass is 397 g/mol. The Labute approximate surface area is 162 Å². The molecule has 0 aliphatic heterocycles. The van der Waals surface area contributed by atoms with E-state index in [4.69, 9.17) is 0 Å². The minimum absolute atomic E-state index is 0.0136. The summed E-state index contributed by atoms with van der Waals surface area (Å²) in [6.07, 6.45) is 0. The molecule has 0 radical (unpaired) electrons. The first-order valence-electron chi connectivity index (χ1n) is 8.31. The summed E-state index contributed by atoms with van der Waals surface area (Å²) in [5.74, 6) is 0.0849. The molecule has 2 heterocycles. The van der Waals surface area contributed by atoms with Crippen molar-refractivity contribution in [3.8, 4) is 0 Å². The Morgan fingerprint density at radius 1 is 1.15 bits per heavy atom. The number of para-hydroxylation sites is 1. The summed E-state index contributed by atoms with van der Waals surface area (Å²) >= 11 is 2.74. The van der Waals surface area contributed by atoms with E-state index >= 15 is 0 Å². The molecule has 0 aliphatic rings. The number of carbonyl (C=O) groups excluding carboxylic acids is 1. The number of carbonyl (C=O) groups is 1. The number of benzene rings is 2. The molecular weight excluding hydrogens is 382 g/mol. The number of fused-ring (bicyclic) bond motifs is 2. The third kappa shape index (κ3) is 3.29. The van der Waals surface area contributed by atoms with Gasteiger partial charge in [-0.2, -0.15) is 0 Å². The molecule has 27 heavy (non-hydrogen) atoms. The number of thiazole rings is 1. The van der Waals surface area contributed by atoms with Crippen LogP contribution in [0.5, 0.6) is 0 Å². The fourth-order valence-corrected chi connectivity index (χ4v) is 4.74. The van der Waals surface area contributed by atoms with E-state index in [1.165, 1.54) is 34.8 Å². The van der Waals surface area contributed by atoms with Crippen molar-refractivity contribution < 1.29 is 9.72 Å². The zero-order valence-electron chi connectivity index (χ0n) is 14.6. The highest BCUT2D eigenvalue weighted by Crippen LogP contribution is 2.33. The van der Waals surface area contributed by atoms with E-state index in [1.54, 1.807) is 12.1 Å². The number of aromatic nitrogens is 1. The lowest BCUT2D eigenvalue weighted by Crippen LogP contribution is -2.09. The number of nitro benzene ring substituents is 1. The second-order valence-electron chi connectivity index (χ2n) is 6.41. The summed E-state index contributed by atoms with van der Waals surface area (Å²) in [5.41, 5.74) is 2.08. The zero-order chi connectivity index (χ0) is 19.1. The Hall–Kier alpha value is -2.84. The van der Waals surface area contributed by atoms with Crippen molar-refractivity contribution in [1.82, 2.24) is 4.98 Å². The zero-order valence-corrected chi connectivity index (χ0v) is 16.2. The van der Waals surface area contributed by atoms with Crippen LogP contribution in [0, 0.1) is 10.1 Å². The van der Waals surface area contributed by atoms with Gasteiger partial charge in [-0.25, -0.2) is 4.98 Å². The first kappa shape index (κ1) is 17.6. The topological polar surface area (TPSA) is 85.1 Å². The van der Waals surface area contributed by atoms with Gasteiger partial charge in [0.1, 0.15) is 0 Å². The van der Waals surface area contributed by atoms with Crippen LogP contribution in [0.1, 0.15) is 35.0 Å². The van der Waals surface area contributed by atoms with Crippen LogP contribution in [-0.4, -0.2) is 15.8 Å². The third-order valence-electron chi connectivity index (χ3n) is 4.23. The number of hydrogen-bond donors (Lipinski definition) is 1. The normalized spacial score (nSPS) is 11.4. The number of nitrogens with one attached hydrogen (secondary N) is 1. The summed E-state index contributed by atoms with van der Waals surface area (Å²) in [6, 6.07) is 12.3. The van der Waals surface area contributed by atoms with Crippen LogP contribution in [0.4, 0.5) is 10.8 Å². The lowest BCUT2D eigenvalue weighted by atomic mass is 10.0. The molecule has 0 aliphatic carbocycles. The number of thiophene rings is 1. The quantitative estimate of drug-likeness (QED) is 0.349. The number of nitro groups is 1. The molecule has 4 rings (SSSR count). The molecule has 0 spiro atoms. The maximum atomic E-state index is 12.6. The summed E-state index contributed by atoms with van der Waals surface area (Å²) in [4.78, 5) is 28.2. The molecule has 136 valence electrons. The van der Waals surface area contributed by atoms with Gasteiger partial charge >= 0.3 is 0 Å². The van der Waals surface area contributed by atoms with Gasteiger partial charge in [0.25, 0.3) is 11.6 Å². The van der Waals surface area contributed by atoms with Crippen molar-refractivity contribution in [1.29, 1.82) is 0 Å². The van der Waals surface area contributed by atoms with Gasteiger partial charge in [-0.15, -0.1) is 11.3 Å². The first-order chi connectivity index (χ1) is 12.9. The SMILES string of the molecule is CC(C)c1cccc2sc(NC(=O)c3cc4cc([N+](=O)[O-])ccc4s3)nc12. The standard InChI is InChI=1S/C19H15N3O3S2/c1-10(2)13-4-3-5-15-17(13)20-19(27-15)21-18(23)16-9-11-8-12(22(24)25)6-7-14(11)26-16/h3-10H,1-2H3,(H,20,21,23). The maximum Gasteiger partial charge on any atom is 0.270 e. The summed E-state index contributed by atoms with van der Waals surface area (Å²) in [6.45, 7) is 4.23. The fraction of sp³-hybridized carbons (Fsp3) is 0.158. The van der Waals surface area contributed by atoms with Gasteiger partial charge in [-0.3, -0.25) is 20.2 Å². The molecule has 8 heteroatoms. The first-order valence-corrected chi connectivity index (χ1v) is 9.94. The number of anilines is 1. The number of non-ortho nitro benzene ring substituents is 1. The van der Waals surface area contributed by atoms with Crippen LogP contribution in [0.2, 0.25) is 0 Å². The molecule has 0 saturated heterocycles. The van der Waals surface area contributed by atoms with Gasteiger partial charge < -0.3 is 0 Å². The summed E-state index contributed by atoms with van der Waals surface area (Å²) in [5, 5.41) is 15.0. The van der Waals surface area contributed by atoms with Gasteiger partial charge in [0, 0.05) is 22.2 Å². The van der Waals surface area contributed by atoms with E-state index in [0.29, 0.717) is 21.3 Å². The molecule has 0 bridgehead atoms. The number of rotatable bonds is 4. The molecule has 1 N–H and O–H groups in total. The molecular formula is C19H15N3O3S2. The minimum Gasteiger partial charge on any atom is -0.297 e. The van der Waals surface area contributed by atoms with E-state index in [2.05, 4.69) is 30.2 Å². The number of hydrogen-bond acceptors (Lipinski definition) is 6. The van der Waals surface area contributed by atoms with E-state index in [1.807, 2.05) is 12.1 Å². The summed E-state index contributed by atoms with van der Waals surface area (Å²) < 4.78 is 1.86. The number of amides is 1. The predicted molar refractivity (Wildman–Crippen MR) is 110 cm³/mol. The van der Waals surface area contributed by atoms with Crippen molar-refractivity contribution in [3.05, 3.63) is 63.0 Å². The summed E-state index contributed by atoms with van der Waals surface area (Å²) in [7, 11) is 0. The van der Waals surface area contributed by atoms with Crippen LogP contribution in [0.25, 0.3) is 20.3 Å². The largest absolute Gasteiger partial charge is 0.297 e. The van der Waals surface area contributed by atoms with Crippen molar-refractivity contribution in [2.75, 3.05) is 5.32 Å². The van der Waals surface area contributed by atoms with Gasteiger partial charge in [-0.1, -0.05) is 37.3 Å². The molecule has 0 atom stereocenters. The average Bonchev–Trinajstić information content (AvgIpc) is 3.23. The van der Waals surface area contributed by atoms with Crippen molar-refractivity contribution in [2.45, 2.75) is 19.8 Å². The van der Waals surface area contributed by atoms with Gasteiger partial charge in [0.2, 0.25) is 0 Å². The third-order valence-corrected chi connectivity index (χ3v) is 6.28. The smallest absolute Gasteiger partial charge is 0.270 e. The van der Waals surface area contributed by atoms with E-state index in [9.17, 15) is 14.9 Å². The Kier molecular flexibility index (Phi) is 4.37. The van der Waals surface area contributed by atoms with Crippen LogP contribution < -0.4 is 5.32 Å². The van der Waals surface area contributed by atoms with Crippen LogP contribution in [0.3, 0.4) is 0 Å². The van der Waals surface area contributed by atoms with Crippen LogP contribution >= 0.6 is 22.7 Å². The van der Waals surface area contributed by atoms with Crippen molar-refractivity contribution in [2.24, 2.45) is 0 Å². The van der Waals surface area contributed by atoms with Gasteiger partial charge in [0.05, 0.1) is 20.0 Å². The lowest BCUT2D eigenvalue weighted by Gasteiger charge is -2.04. The molecule has 0 fully saturated rings. The van der Waals surface area contributed by atoms with Crippen LogP contribution in [0.15, 0.2) is 42.5 Å². The molecule has 4 aromatic rings. The Bertz CT molecular complexity index is 1190. The molecule has 2 aromatic carbocycles. The molecule has 0 saturated carbocycles. The Morgan fingerprint density at radius 3 is 2.70 bits per heavy atom. The fourth-order valence-electron chi connectivity index (χ4n) is 2.90. The van der Waals surface area contributed by atoms with Gasteiger partial charge in [0.15, 0.2) is 5.13 Å². The van der Waals surface area contributed by atoms with E-state index in [-0.39, 0.29) is 11.6 Å². The van der Waals surface area contributed by atoms with Crippen molar-refractivity contribution >= 4 is 59.7 Å². The highest BCUT2D eigenvalue weighted by Gasteiger charge is 2.16. The lowest BCUT2D eigenvalue weighted by molar-refractivity contribution is -0.384. The second-order valence-corrected chi connectivity index (χ2v) is 8.53. The Morgan fingerprint density at radius 2 is 1.96 bits per heavy atom. The second kappa shape index (κ2) is 6.71. The predicted octanol–water partition coefficient (Wildman–Crippen LogP) is 5.79. The van der Waals surface area contributed by atoms with E-state index in [0.717, 1.165) is 20.5 Å². The minimum atomic E-state index is -0.440. The molecule has 2 aromatic heterocycles. The maximum absolute atomic E-state index is 12.6. The van der Waals surface area contributed by atoms with Crippen molar-refractivity contribution in [3.63, 3.8) is 0 Å². The highest BCUT2D eigenvalue weighted by molar-refractivity contribution is 7.23.